The van der Waals surface area contributed by atoms with Gasteiger partial charge in [-0.25, -0.2) is 4.79 Å². The highest BCUT2D eigenvalue weighted by molar-refractivity contribution is 6.35. The standard InChI is InChI=1S/C12H13Cl2NO4/c1-18-6-10(12(17)19-2)15-11(16)8-5-7(13)3-4-9(8)14/h3-5,10H,6H2,1-2H3,(H,15,16). The molecule has 104 valence electrons. The van der Waals surface area contributed by atoms with Gasteiger partial charge in [0.15, 0.2) is 6.04 Å². The average Bonchev–Trinajstić information content (AvgIpc) is 2.40. The van der Waals surface area contributed by atoms with Gasteiger partial charge in [-0.3, -0.25) is 4.79 Å². The van der Waals surface area contributed by atoms with Gasteiger partial charge in [0.2, 0.25) is 0 Å². The first-order chi connectivity index (χ1) is 8.99. The SMILES string of the molecule is COCC(NC(=O)c1cc(Cl)ccc1Cl)C(=O)OC. The molecular formula is C12H13Cl2NO4. The summed E-state index contributed by atoms with van der Waals surface area (Å²) in [4.78, 5) is 23.5. The summed E-state index contributed by atoms with van der Waals surface area (Å²) in [6.45, 7) is -0.00337. The zero-order valence-corrected chi connectivity index (χ0v) is 11.9. The molecule has 1 amide bonds. The Morgan fingerprint density at radius 1 is 1.32 bits per heavy atom. The van der Waals surface area contributed by atoms with Gasteiger partial charge in [-0.2, -0.15) is 0 Å². The summed E-state index contributed by atoms with van der Waals surface area (Å²) in [6, 6.07) is 3.58. The zero-order valence-electron chi connectivity index (χ0n) is 10.4. The third-order valence-corrected chi connectivity index (χ3v) is 2.86. The van der Waals surface area contributed by atoms with E-state index in [2.05, 4.69) is 10.1 Å². The number of esters is 1. The first-order valence-electron chi connectivity index (χ1n) is 5.32. The lowest BCUT2D eigenvalue weighted by atomic mass is 10.2. The predicted octanol–water partition coefficient (Wildman–Crippen LogP) is 1.91. The molecule has 19 heavy (non-hydrogen) atoms. The molecule has 0 spiro atoms. The van der Waals surface area contributed by atoms with Crippen molar-refractivity contribution in [3.05, 3.63) is 33.8 Å². The Morgan fingerprint density at radius 3 is 2.58 bits per heavy atom. The summed E-state index contributed by atoms with van der Waals surface area (Å²) in [5, 5.41) is 3.08. The maximum Gasteiger partial charge on any atom is 0.330 e. The topological polar surface area (TPSA) is 64.6 Å². The van der Waals surface area contributed by atoms with Crippen LogP contribution in [0.1, 0.15) is 10.4 Å². The van der Waals surface area contributed by atoms with Crippen LogP contribution in [0.3, 0.4) is 0 Å². The monoisotopic (exact) mass is 305 g/mol. The molecule has 0 fully saturated rings. The van der Waals surface area contributed by atoms with Crippen LogP contribution in [-0.2, 0) is 14.3 Å². The molecule has 0 aliphatic rings. The molecule has 1 aromatic rings. The number of amides is 1. The fourth-order valence-electron chi connectivity index (χ4n) is 1.39. The molecule has 0 saturated heterocycles. The molecule has 5 nitrogen and oxygen atoms in total. The van der Waals surface area contributed by atoms with Crippen LogP contribution in [-0.4, -0.2) is 38.7 Å². The van der Waals surface area contributed by atoms with Gasteiger partial charge >= 0.3 is 5.97 Å². The number of methoxy groups -OCH3 is 2. The summed E-state index contributed by atoms with van der Waals surface area (Å²) in [5.74, 6) is -1.13. The molecule has 1 N–H and O–H groups in total. The first kappa shape index (κ1) is 15.8. The van der Waals surface area contributed by atoms with Crippen molar-refractivity contribution in [1.82, 2.24) is 5.32 Å². The Morgan fingerprint density at radius 2 is 2.00 bits per heavy atom. The average molecular weight is 306 g/mol. The van der Waals surface area contributed by atoms with E-state index in [1.54, 1.807) is 6.07 Å². The summed E-state index contributed by atoms with van der Waals surface area (Å²) in [7, 11) is 2.64. The van der Waals surface area contributed by atoms with Crippen LogP contribution in [0.15, 0.2) is 18.2 Å². The first-order valence-corrected chi connectivity index (χ1v) is 6.08. The van der Waals surface area contributed by atoms with Crippen LogP contribution in [0.4, 0.5) is 0 Å². The molecule has 0 aliphatic carbocycles. The minimum atomic E-state index is -0.905. The number of carbonyl (C=O) groups is 2. The van der Waals surface area contributed by atoms with Crippen LogP contribution < -0.4 is 5.32 Å². The van der Waals surface area contributed by atoms with E-state index in [4.69, 9.17) is 27.9 Å². The number of benzene rings is 1. The van der Waals surface area contributed by atoms with Crippen molar-refractivity contribution >= 4 is 35.1 Å². The molecule has 7 heteroatoms. The van der Waals surface area contributed by atoms with E-state index in [1.807, 2.05) is 0 Å². The molecule has 0 bridgehead atoms. The van der Waals surface area contributed by atoms with Gasteiger partial charge in [0.1, 0.15) is 0 Å². The normalized spacial score (nSPS) is 11.8. The van der Waals surface area contributed by atoms with E-state index in [0.29, 0.717) is 5.02 Å². The van der Waals surface area contributed by atoms with E-state index >= 15 is 0 Å². The highest BCUT2D eigenvalue weighted by Gasteiger charge is 2.23. The number of ether oxygens (including phenoxy) is 2. The molecule has 0 saturated carbocycles. The third-order valence-electron chi connectivity index (χ3n) is 2.30. The second-order valence-electron chi connectivity index (χ2n) is 3.63. The lowest BCUT2D eigenvalue weighted by Crippen LogP contribution is -2.44. The second kappa shape index (κ2) is 7.33. The number of rotatable bonds is 5. The lowest BCUT2D eigenvalue weighted by Gasteiger charge is -2.16. The van der Waals surface area contributed by atoms with Crippen molar-refractivity contribution in [1.29, 1.82) is 0 Å². The van der Waals surface area contributed by atoms with Gasteiger partial charge in [-0.05, 0) is 18.2 Å². The molecule has 0 aromatic heterocycles. The predicted molar refractivity (Wildman–Crippen MR) is 71.6 cm³/mol. The van der Waals surface area contributed by atoms with Crippen LogP contribution in [0.2, 0.25) is 10.0 Å². The molecule has 1 rings (SSSR count). The Hall–Kier alpha value is -1.30. The zero-order chi connectivity index (χ0) is 14.4. The van der Waals surface area contributed by atoms with Crippen molar-refractivity contribution in [3.8, 4) is 0 Å². The summed E-state index contributed by atoms with van der Waals surface area (Å²) >= 11 is 11.7. The number of halogens is 2. The van der Waals surface area contributed by atoms with Crippen LogP contribution >= 0.6 is 23.2 Å². The van der Waals surface area contributed by atoms with Crippen molar-refractivity contribution in [2.24, 2.45) is 0 Å². The molecule has 0 aliphatic heterocycles. The van der Waals surface area contributed by atoms with Gasteiger partial charge in [0, 0.05) is 12.1 Å². The largest absolute Gasteiger partial charge is 0.467 e. The molecule has 0 radical (unpaired) electrons. The Bertz CT molecular complexity index is 479. The summed E-state index contributed by atoms with van der Waals surface area (Å²) < 4.78 is 9.41. The van der Waals surface area contributed by atoms with Gasteiger partial charge in [0.25, 0.3) is 5.91 Å². The van der Waals surface area contributed by atoms with Crippen LogP contribution in [0.5, 0.6) is 0 Å². The molecule has 1 atom stereocenters. The van der Waals surface area contributed by atoms with E-state index in [-0.39, 0.29) is 17.2 Å². The summed E-state index contributed by atoms with van der Waals surface area (Å²) in [6.07, 6.45) is 0. The summed E-state index contributed by atoms with van der Waals surface area (Å²) in [5.41, 5.74) is 0.180. The van der Waals surface area contributed by atoms with Gasteiger partial charge < -0.3 is 14.8 Å². The van der Waals surface area contributed by atoms with Crippen LogP contribution in [0.25, 0.3) is 0 Å². The van der Waals surface area contributed by atoms with E-state index < -0.39 is 17.9 Å². The number of carbonyl (C=O) groups excluding carboxylic acids is 2. The fourth-order valence-corrected chi connectivity index (χ4v) is 1.76. The van der Waals surface area contributed by atoms with E-state index in [9.17, 15) is 9.59 Å². The van der Waals surface area contributed by atoms with Gasteiger partial charge in [0.05, 0.1) is 24.3 Å². The molecule has 1 aromatic carbocycles. The van der Waals surface area contributed by atoms with Crippen molar-refractivity contribution in [3.63, 3.8) is 0 Å². The highest BCUT2D eigenvalue weighted by Crippen LogP contribution is 2.20. The Labute approximate surface area is 120 Å². The molecular weight excluding hydrogens is 293 g/mol. The van der Waals surface area contributed by atoms with Crippen molar-refractivity contribution < 1.29 is 19.1 Å². The quantitative estimate of drug-likeness (QED) is 0.844. The maximum atomic E-state index is 12.0. The number of hydrogen-bond donors (Lipinski definition) is 1. The minimum absolute atomic E-state index is 0.00337. The molecule has 1 unspecified atom stereocenters. The maximum absolute atomic E-state index is 12.0. The number of nitrogens with one attached hydrogen (secondary N) is 1. The van der Waals surface area contributed by atoms with Crippen molar-refractivity contribution in [2.75, 3.05) is 20.8 Å². The minimum Gasteiger partial charge on any atom is -0.467 e. The molecule has 0 heterocycles. The van der Waals surface area contributed by atoms with Gasteiger partial charge in [-0.15, -0.1) is 0 Å². The highest BCUT2D eigenvalue weighted by atomic mass is 35.5. The van der Waals surface area contributed by atoms with E-state index in [0.717, 1.165) is 0 Å². The van der Waals surface area contributed by atoms with Gasteiger partial charge in [-0.1, -0.05) is 23.2 Å². The Balaban J connectivity index is 2.87. The lowest BCUT2D eigenvalue weighted by molar-refractivity contribution is -0.144. The smallest absolute Gasteiger partial charge is 0.330 e. The number of hydrogen-bond acceptors (Lipinski definition) is 4. The third kappa shape index (κ3) is 4.38. The van der Waals surface area contributed by atoms with Crippen LogP contribution in [0, 0.1) is 0 Å². The second-order valence-corrected chi connectivity index (χ2v) is 4.47. The fraction of sp³-hybridized carbons (Fsp3) is 0.333. The van der Waals surface area contributed by atoms with E-state index in [1.165, 1.54) is 26.4 Å². The Kier molecular flexibility index (Phi) is 6.08. The van der Waals surface area contributed by atoms with Crippen molar-refractivity contribution in [2.45, 2.75) is 6.04 Å².